The largest absolute Gasteiger partial charge is 0.0654 e. The van der Waals surface area contributed by atoms with Crippen molar-refractivity contribution in [3.05, 3.63) is 0 Å². The summed E-state index contributed by atoms with van der Waals surface area (Å²) in [6.07, 6.45) is 12.3. The molecule has 0 heteroatoms. The molecule has 0 aromatic carbocycles. The van der Waals surface area contributed by atoms with Crippen molar-refractivity contribution in [2.75, 3.05) is 0 Å². The Morgan fingerprint density at radius 1 is 0.571 bits per heavy atom. The molecule has 0 atom stereocenters. The molecule has 4 aliphatic carbocycles. The van der Waals surface area contributed by atoms with E-state index in [1.54, 1.807) is 38.5 Å². The summed E-state index contributed by atoms with van der Waals surface area (Å²) in [5, 5.41) is 0. The topological polar surface area (TPSA) is 0 Å². The van der Waals surface area contributed by atoms with Crippen molar-refractivity contribution >= 4 is 0 Å². The van der Waals surface area contributed by atoms with E-state index in [1.807, 2.05) is 0 Å². The minimum absolute atomic E-state index is 1.18. The normalized spacial score (nSPS) is 43.3. The Morgan fingerprint density at radius 3 is 0.929 bits per heavy atom. The lowest BCUT2D eigenvalue weighted by atomic mass is 9.56. The van der Waals surface area contributed by atoms with Crippen molar-refractivity contribution in [3.8, 4) is 0 Å². The van der Waals surface area contributed by atoms with Gasteiger partial charge in [-0.3, -0.25) is 0 Å². The summed E-state index contributed by atoms with van der Waals surface area (Å²) < 4.78 is 0. The van der Waals surface area contributed by atoms with Crippen molar-refractivity contribution in [3.63, 3.8) is 0 Å². The van der Waals surface area contributed by atoms with Crippen LogP contribution in [0.1, 0.15) is 65.2 Å². The zero-order valence-electron chi connectivity index (χ0n) is 9.97. The van der Waals surface area contributed by atoms with Gasteiger partial charge in [0.1, 0.15) is 0 Å². The van der Waals surface area contributed by atoms with Gasteiger partial charge in [0.15, 0.2) is 0 Å². The van der Waals surface area contributed by atoms with Crippen LogP contribution in [0.4, 0.5) is 0 Å². The molecule has 0 nitrogen and oxygen atoms in total. The van der Waals surface area contributed by atoms with Crippen LogP contribution in [0.3, 0.4) is 0 Å². The maximum absolute atomic E-state index is 2.18. The second-order valence-electron chi connectivity index (χ2n) is 5.88. The molecule has 0 heterocycles. The van der Waals surface area contributed by atoms with Gasteiger partial charge in [-0.25, -0.2) is 0 Å². The maximum Gasteiger partial charge on any atom is -0.0406 e. The Labute approximate surface area is 89.5 Å². The minimum Gasteiger partial charge on any atom is -0.0654 e. The van der Waals surface area contributed by atoms with Crippen LogP contribution in [0.5, 0.6) is 0 Å². The summed E-state index contributed by atoms with van der Waals surface area (Å²) in [7, 11) is 0. The molecule has 0 unspecified atom stereocenters. The fourth-order valence-corrected chi connectivity index (χ4v) is 3.98. The molecule has 4 aliphatic rings. The number of hydrogen-bond acceptors (Lipinski definition) is 0. The summed E-state index contributed by atoms with van der Waals surface area (Å²) in [6, 6.07) is 0. The molecule has 4 saturated carbocycles. The SMILES string of the molecule is C1C2CC3CC1CC(C2)C3.CCCC. The first kappa shape index (κ1) is 10.5. The average Bonchev–Trinajstić information content (AvgIpc) is 2.16. The van der Waals surface area contributed by atoms with Gasteiger partial charge >= 0.3 is 0 Å². The van der Waals surface area contributed by atoms with E-state index in [4.69, 9.17) is 0 Å². The van der Waals surface area contributed by atoms with Crippen molar-refractivity contribution < 1.29 is 0 Å². The Kier molecular flexibility index (Phi) is 3.52. The van der Waals surface area contributed by atoms with Crippen molar-refractivity contribution in [1.29, 1.82) is 0 Å². The molecular weight excluding hydrogens is 168 g/mol. The monoisotopic (exact) mass is 194 g/mol. The third kappa shape index (κ3) is 2.32. The number of unbranched alkanes of at least 4 members (excludes halogenated alkanes) is 1. The summed E-state index contributed by atoms with van der Waals surface area (Å²) in [4.78, 5) is 0. The molecule has 0 N–H and O–H groups in total. The minimum atomic E-state index is 1.18. The van der Waals surface area contributed by atoms with Crippen LogP contribution in [0.25, 0.3) is 0 Å². The lowest BCUT2D eigenvalue weighted by molar-refractivity contribution is 0.0198. The van der Waals surface area contributed by atoms with Gasteiger partial charge in [-0.1, -0.05) is 26.7 Å². The molecule has 4 fully saturated rings. The molecule has 0 aromatic rings. The quantitative estimate of drug-likeness (QED) is 0.570. The van der Waals surface area contributed by atoms with E-state index in [0.717, 1.165) is 0 Å². The lowest BCUT2D eigenvalue weighted by Gasteiger charge is -2.49. The summed E-state index contributed by atoms with van der Waals surface area (Å²) in [5.74, 6) is 4.71. The first-order valence-corrected chi connectivity index (χ1v) is 6.81. The van der Waals surface area contributed by atoms with Crippen molar-refractivity contribution in [2.45, 2.75) is 65.2 Å². The maximum atomic E-state index is 2.18. The molecule has 0 spiro atoms. The van der Waals surface area contributed by atoms with Crippen molar-refractivity contribution in [2.24, 2.45) is 23.7 Å². The van der Waals surface area contributed by atoms with Crippen LogP contribution >= 0.6 is 0 Å². The Balaban J connectivity index is 0.000000165. The zero-order chi connectivity index (χ0) is 9.97. The number of rotatable bonds is 1. The van der Waals surface area contributed by atoms with Gasteiger partial charge in [0, 0.05) is 0 Å². The lowest BCUT2D eigenvalue weighted by Crippen LogP contribution is -2.38. The van der Waals surface area contributed by atoms with E-state index in [0.29, 0.717) is 0 Å². The molecular formula is C14H26. The zero-order valence-corrected chi connectivity index (χ0v) is 9.97. The molecule has 0 aliphatic heterocycles. The van der Waals surface area contributed by atoms with Crippen LogP contribution in [0.2, 0.25) is 0 Å². The smallest absolute Gasteiger partial charge is 0.0406 e. The van der Waals surface area contributed by atoms with E-state index < -0.39 is 0 Å². The predicted octanol–water partition coefficient (Wildman–Crippen LogP) is 4.64. The second-order valence-corrected chi connectivity index (χ2v) is 5.88. The van der Waals surface area contributed by atoms with Gasteiger partial charge in [-0.2, -0.15) is 0 Å². The predicted molar refractivity (Wildman–Crippen MR) is 62.2 cm³/mol. The van der Waals surface area contributed by atoms with Gasteiger partial charge in [0.05, 0.1) is 0 Å². The second kappa shape index (κ2) is 4.68. The van der Waals surface area contributed by atoms with E-state index in [-0.39, 0.29) is 0 Å². The Hall–Kier alpha value is 0. The average molecular weight is 194 g/mol. The van der Waals surface area contributed by atoms with E-state index in [2.05, 4.69) is 13.8 Å². The van der Waals surface area contributed by atoms with Crippen LogP contribution in [-0.2, 0) is 0 Å². The summed E-state index contributed by atoms with van der Waals surface area (Å²) in [6.45, 7) is 4.36. The summed E-state index contributed by atoms with van der Waals surface area (Å²) >= 11 is 0. The first-order chi connectivity index (χ1) is 6.81. The van der Waals surface area contributed by atoms with E-state index in [9.17, 15) is 0 Å². The highest BCUT2D eigenvalue weighted by molar-refractivity contribution is 4.92. The van der Waals surface area contributed by atoms with Crippen LogP contribution in [-0.4, -0.2) is 0 Å². The highest BCUT2D eigenvalue weighted by atomic mass is 14.5. The highest BCUT2D eigenvalue weighted by Gasteiger charge is 2.41. The molecule has 4 rings (SSSR count). The third-order valence-corrected chi connectivity index (χ3v) is 4.50. The van der Waals surface area contributed by atoms with Crippen LogP contribution in [0, 0.1) is 23.7 Å². The van der Waals surface area contributed by atoms with Crippen LogP contribution in [0.15, 0.2) is 0 Å². The molecule has 0 saturated heterocycles. The highest BCUT2D eigenvalue weighted by Crippen LogP contribution is 2.53. The van der Waals surface area contributed by atoms with E-state index >= 15 is 0 Å². The summed E-state index contributed by atoms with van der Waals surface area (Å²) in [5.41, 5.74) is 0. The van der Waals surface area contributed by atoms with Crippen molar-refractivity contribution in [1.82, 2.24) is 0 Å². The van der Waals surface area contributed by atoms with Gasteiger partial charge < -0.3 is 0 Å². The Bertz CT molecular complexity index is 112. The fraction of sp³-hybridized carbons (Fsp3) is 1.00. The van der Waals surface area contributed by atoms with E-state index in [1.165, 1.54) is 36.5 Å². The Morgan fingerprint density at radius 2 is 0.786 bits per heavy atom. The third-order valence-electron chi connectivity index (χ3n) is 4.50. The molecule has 0 aromatic heterocycles. The molecule has 0 amide bonds. The first-order valence-electron chi connectivity index (χ1n) is 6.81. The standard InChI is InChI=1S/C10H16.C4H10/c1-7-2-9-4-8(1)5-10(3-7)6-9;1-3-4-2/h7-10H,1-6H2;3-4H2,1-2H3. The van der Waals surface area contributed by atoms with Crippen LogP contribution < -0.4 is 0 Å². The van der Waals surface area contributed by atoms with Gasteiger partial charge in [-0.15, -0.1) is 0 Å². The molecule has 14 heavy (non-hydrogen) atoms. The van der Waals surface area contributed by atoms with Gasteiger partial charge in [0.2, 0.25) is 0 Å². The number of hydrogen-bond donors (Lipinski definition) is 0. The molecule has 4 bridgehead atoms. The molecule has 82 valence electrons. The van der Waals surface area contributed by atoms with Gasteiger partial charge in [-0.05, 0) is 62.2 Å². The van der Waals surface area contributed by atoms with Gasteiger partial charge in [0.25, 0.3) is 0 Å². The fourth-order valence-electron chi connectivity index (χ4n) is 3.98. The molecule has 0 radical (unpaired) electrons.